The van der Waals surface area contributed by atoms with Gasteiger partial charge in [-0.1, -0.05) is 0 Å². The minimum atomic E-state index is -0.421. The lowest BCUT2D eigenvalue weighted by Gasteiger charge is -2.20. The first kappa shape index (κ1) is 18.1. The van der Waals surface area contributed by atoms with E-state index in [0.717, 1.165) is 29.7 Å². The number of nitrogens with one attached hydrogen (secondary N) is 1. The number of nitrogens with zero attached hydrogens (tertiary/aromatic N) is 1. The molecule has 4 rings (SSSR count). The number of aryl methyl sites for hydroxylation is 1. The van der Waals surface area contributed by atoms with Gasteiger partial charge in [0, 0.05) is 42.0 Å². The zero-order chi connectivity index (χ0) is 19.5. The quantitative estimate of drug-likeness (QED) is 0.685. The van der Waals surface area contributed by atoms with Crippen LogP contribution in [-0.4, -0.2) is 25.6 Å². The summed E-state index contributed by atoms with van der Waals surface area (Å²) in [5, 5.41) is 3.66. The van der Waals surface area contributed by atoms with E-state index in [2.05, 4.69) is 23.2 Å². The van der Waals surface area contributed by atoms with Crippen LogP contribution in [0.1, 0.15) is 18.4 Å². The van der Waals surface area contributed by atoms with Crippen LogP contribution in [0.15, 0.2) is 57.7 Å². The molecule has 2 heterocycles. The standard InChI is InChI=1S/C22H22N2O4/c1-15-12-17(6-8-19(15)24-10-2-3-11-24)23-21(25)14-27-18-7-4-16-5-9-22(26)28-20(16)13-18/h4-9,12-13H,2-3,10-11,14H2,1H3,(H,23,25). The molecule has 28 heavy (non-hydrogen) atoms. The molecule has 144 valence electrons. The Morgan fingerprint density at radius 1 is 1.11 bits per heavy atom. The molecule has 1 N–H and O–H groups in total. The lowest BCUT2D eigenvalue weighted by molar-refractivity contribution is -0.118. The Bertz CT molecular complexity index is 1070. The topological polar surface area (TPSA) is 71.8 Å². The highest BCUT2D eigenvalue weighted by molar-refractivity contribution is 5.92. The lowest BCUT2D eigenvalue weighted by atomic mass is 10.1. The summed E-state index contributed by atoms with van der Waals surface area (Å²) in [4.78, 5) is 25.9. The summed E-state index contributed by atoms with van der Waals surface area (Å²) in [6.07, 6.45) is 2.46. The molecule has 1 amide bonds. The van der Waals surface area contributed by atoms with Gasteiger partial charge in [-0.15, -0.1) is 0 Å². The maximum Gasteiger partial charge on any atom is 0.336 e. The number of carbonyl (C=O) groups excluding carboxylic acids is 1. The van der Waals surface area contributed by atoms with Gasteiger partial charge >= 0.3 is 5.63 Å². The van der Waals surface area contributed by atoms with Gasteiger partial charge in [-0.2, -0.15) is 0 Å². The summed E-state index contributed by atoms with van der Waals surface area (Å²) < 4.78 is 10.7. The summed E-state index contributed by atoms with van der Waals surface area (Å²) >= 11 is 0. The Hall–Kier alpha value is -3.28. The number of anilines is 2. The molecule has 1 aliphatic rings. The smallest absolute Gasteiger partial charge is 0.336 e. The molecule has 2 aromatic carbocycles. The van der Waals surface area contributed by atoms with Crippen molar-refractivity contribution in [3.8, 4) is 5.75 Å². The number of carbonyl (C=O) groups is 1. The van der Waals surface area contributed by atoms with Gasteiger partial charge in [-0.3, -0.25) is 4.79 Å². The van der Waals surface area contributed by atoms with Gasteiger partial charge in [0.15, 0.2) is 6.61 Å². The van der Waals surface area contributed by atoms with Crippen LogP contribution >= 0.6 is 0 Å². The van der Waals surface area contributed by atoms with Crippen molar-refractivity contribution < 1.29 is 13.9 Å². The van der Waals surface area contributed by atoms with Crippen LogP contribution in [0.4, 0.5) is 11.4 Å². The predicted molar refractivity (Wildman–Crippen MR) is 109 cm³/mol. The molecule has 0 spiro atoms. The highest BCUT2D eigenvalue weighted by atomic mass is 16.5. The zero-order valence-corrected chi connectivity index (χ0v) is 15.7. The maximum atomic E-state index is 12.2. The van der Waals surface area contributed by atoms with Crippen molar-refractivity contribution >= 4 is 28.3 Å². The van der Waals surface area contributed by atoms with Gasteiger partial charge in [0.1, 0.15) is 11.3 Å². The molecule has 0 atom stereocenters. The molecule has 0 bridgehead atoms. The molecule has 1 aliphatic heterocycles. The van der Waals surface area contributed by atoms with Gasteiger partial charge in [0.05, 0.1) is 0 Å². The third kappa shape index (κ3) is 4.01. The van der Waals surface area contributed by atoms with E-state index >= 15 is 0 Å². The number of fused-ring (bicyclic) bond motifs is 1. The Balaban J connectivity index is 1.38. The van der Waals surface area contributed by atoms with Crippen molar-refractivity contribution in [1.29, 1.82) is 0 Å². The van der Waals surface area contributed by atoms with Gasteiger partial charge in [-0.05, 0) is 61.7 Å². The SMILES string of the molecule is Cc1cc(NC(=O)COc2ccc3ccc(=O)oc3c2)ccc1N1CCCC1. The van der Waals surface area contributed by atoms with Crippen molar-refractivity contribution in [2.45, 2.75) is 19.8 Å². The first-order valence-electron chi connectivity index (χ1n) is 9.41. The van der Waals surface area contributed by atoms with E-state index in [1.165, 1.54) is 24.6 Å². The molecule has 1 fully saturated rings. The minimum absolute atomic E-state index is 0.129. The fraction of sp³-hybridized carbons (Fsp3) is 0.273. The number of benzene rings is 2. The third-order valence-electron chi connectivity index (χ3n) is 4.89. The first-order chi connectivity index (χ1) is 13.6. The van der Waals surface area contributed by atoms with Gasteiger partial charge < -0.3 is 19.4 Å². The van der Waals surface area contributed by atoms with E-state index in [4.69, 9.17) is 9.15 Å². The monoisotopic (exact) mass is 378 g/mol. The zero-order valence-electron chi connectivity index (χ0n) is 15.7. The summed E-state index contributed by atoms with van der Waals surface area (Å²) in [6.45, 7) is 4.11. The molecular formula is C22H22N2O4. The molecule has 1 aromatic heterocycles. The molecule has 0 saturated carbocycles. The van der Waals surface area contributed by atoms with Crippen LogP contribution in [0.5, 0.6) is 5.75 Å². The van der Waals surface area contributed by atoms with Gasteiger partial charge in [-0.25, -0.2) is 4.79 Å². The van der Waals surface area contributed by atoms with E-state index in [-0.39, 0.29) is 12.5 Å². The van der Waals surface area contributed by atoms with Crippen LogP contribution in [0, 0.1) is 6.92 Å². The number of hydrogen-bond donors (Lipinski definition) is 1. The van der Waals surface area contributed by atoms with E-state index in [9.17, 15) is 9.59 Å². The van der Waals surface area contributed by atoms with Crippen molar-refractivity contribution in [3.63, 3.8) is 0 Å². The summed E-state index contributed by atoms with van der Waals surface area (Å²) in [5.41, 5.74) is 3.13. The molecule has 0 unspecified atom stereocenters. The number of ether oxygens (including phenoxy) is 1. The Morgan fingerprint density at radius 2 is 1.89 bits per heavy atom. The van der Waals surface area contributed by atoms with Crippen molar-refractivity contribution in [3.05, 3.63) is 64.5 Å². The van der Waals surface area contributed by atoms with E-state index in [1.54, 1.807) is 24.3 Å². The Kier molecular flexibility index (Phi) is 5.02. The number of rotatable bonds is 5. The number of amides is 1. The van der Waals surface area contributed by atoms with Crippen molar-refractivity contribution in [2.75, 3.05) is 29.9 Å². The van der Waals surface area contributed by atoms with Crippen LogP contribution < -0.4 is 20.6 Å². The lowest BCUT2D eigenvalue weighted by Crippen LogP contribution is -2.21. The summed E-state index contributed by atoms with van der Waals surface area (Å²) in [5.74, 6) is 0.223. The second-order valence-corrected chi connectivity index (χ2v) is 6.99. The Labute approximate surface area is 162 Å². The van der Waals surface area contributed by atoms with Gasteiger partial charge in [0.25, 0.3) is 5.91 Å². The predicted octanol–water partition coefficient (Wildman–Crippen LogP) is 3.72. The molecule has 1 saturated heterocycles. The van der Waals surface area contributed by atoms with E-state index < -0.39 is 5.63 Å². The largest absolute Gasteiger partial charge is 0.484 e. The molecular weight excluding hydrogens is 356 g/mol. The molecule has 0 radical (unpaired) electrons. The third-order valence-corrected chi connectivity index (χ3v) is 4.89. The normalized spacial score (nSPS) is 13.7. The molecule has 0 aliphatic carbocycles. The average molecular weight is 378 g/mol. The molecule has 6 heteroatoms. The van der Waals surface area contributed by atoms with Crippen LogP contribution in [0.2, 0.25) is 0 Å². The minimum Gasteiger partial charge on any atom is -0.484 e. The second kappa shape index (κ2) is 7.76. The average Bonchev–Trinajstić information content (AvgIpc) is 3.20. The first-order valence-corrected chi connectivity index (χ1v) is 9.41. The highest BCUT2D eigenvalue weighted by Gasteiger charge is 2.14. The maximum absolute atomic E-state index is 12.2. The highest BCUT2D eigenvalue weighted by Crippen LogP contribution is 2.26. The summed E-state index contributed by atoms with van der Waals surface area (Å²) in [6, 6.07) is 14.1. The van der Waals surface area contributed by atoms with E-state index in [1.807, 2.05) is 12.1 Å². The summed E-state index contributed by atoms with van der Waals surface area (Å²) in [7, 11) is 0. The van der Waals surface area contributed by atoms with E-state index in [0.29, 0.717) is 11.3 Å². The fourth-order valence-corrected chi connectivity index (χ4v) is 3.52. The second-order valence-electron chi connectivity index (χ2n) is 6.99. The van der Waals surface area contributed by atoms with Gasteiger partial charge in [0.2, 0.25) is 0 Å². The molecule has 3 aromatic rings. The Morgan fingerprint density at radius 3 is 2.68 bits per heavy atom. The van der Waals surface area contributed by atoms with Crippen molar-refractivity contribution in [1.82, 2.24) is 0 Å². The van der Waals surface area contributed by atoms with Crippen molar-refractivity contribution in [2.24, 2.45) is 0 Å². The fourth-order valence-electron chi connectivity index (χ4n) is 3.52. The van der Waals surface area contributed by atoms with Crippen LogP contribution in [0.3, 0.4) is 0 Å². The number of hydrogen-bond acceptors (Lipinski definition) is 5. The molecule has 6 nitrogen and oxygen atoms in total. The van der Waals surface area contributed by atoms with Crippen LogP contribution in [-0.2, 0) is 4.79 Å². The van der Waals surface area contributed by atoms with Crippen LogP contribution in [0.25, 0.3) is 11.0 Å².